The van der Waals surface area contributed by atoms with Crippen LogP contribution in [0.1, 0.15) is 25.5 Å². The average molecular weight is 356 g/mol. The van der Waals surface area contributed by atoms with Gasteiger partial charge in [0.05, 0.1) is 11.4 Å². The number of likely N-dealkylation sites (tertiary alicyclic amines) is 1. The number of anilines is 1. The molecule has 26 heavy (non-hydrogen) atoms. The quantitative estimate of drug-likeness (QED) is 0.909. The third-order valence-corrected chi connectivity index (χ3v) is 5.11. The molecule has 1 aromatic heterocycles. The lowest BCUT2D eigenvalue weighted by Gasteiger charge is -2.30. The van der Waals surface area contributed by atoms with Gasteiger partial charge in [0.25, 0.3) is 5.56 Å². The number of nitrogens with one attached hydrogen (secondary N) is 1. The van der Waals surface area contributed by atoms with Crippen molar-refractivity contribution in [1.29, 1.82) is 0 Å². The predicted molar refractivity (Wildman–Crippen MR) is 99.4 cm³/mol. The number of nitrogens with zero attached hydrogens (tertiary/aromatic N) is 3. The summed E-state index contributed by atoms with van der Waals surface area (Å²) in [6, 6.07) is 9.32. The first-order valence-electron chi connectivity index (χ1n) is 8.80. The summed E-state index contributed by atoms with van der Waals surface area (Å²) in [5.41, 5.74) is 1.52. The predicted octanol–water partition coefficient (Wildman–Crippen LogP) is 1.68. The van der Waals surface area contributed by atoms with E-state index in [2.05, 4.69) is 5.32 Å². The minimum atomic E-state index is -0.245. The summed E-state index contributed by atoms with van der Waals surface area (Å²) in [4.78, 5) is 38.6. The van der Waals surface area contributed by atoms with Gasteiger partial charge < -0.3 is 10.2 Å². The number of aromatic nitrogens is 2. The number of amides is 2. The van der Waals surface area contributed by atoms with E-state index >= 15 is 0 Å². The van der Waals surface area contributed by atoms with Crippen LogP contribution in [-0.4, -0.2) is 39.2 Å². The summed E-state index contributed by atoms with van der Waals surface area (Å²) < 4.78 is 3.29. The molecule has 0 saturated carbocycles. The van der Waals surface area contributed by atoms with Gasteiger partial charge in [0.15, 0.2) is 0 Å². The van der Waals surface area contributed by atoms with E-state index in [1.807, 2.05) is 37.3 Å². The molecule has 2 amide bonds. The molecule has 2 aromatic rings. The molecule has 1 saturated heterocycles. The van der Waals surface area contributed by atoms with Crippen molar-refractivity contribution in [2.75, 3.05) is 18.4 Å². The fourth-order valence-electron chi connectivity index (χ4n) is 3.39. The summed E-state index contributed by atoms with van der Waals surface area (Å²) in [6.07, 6.45) is 1.23. The van der Waals surface area contributed by atoms with Crippen molar-refractivity contribution in [3.63, 3.8) is 0 Å². The van der Waals surface area contributed by atoms with Gasteiger partial charge in [-0.3, -0.25) is 19.1 Å². The van der Waals surface area contributed by atoms with Gasteiger partial charge >= 0.3 is 0 Å². The number of carbonyl (C=O) groups excluding carboxylic acids is 2. The zero-order chi connectivity index (χ0) is 18.8. The molecule has 7 nitrogen and oxygen atoms in total. The maximum absolute atomic E-state index is 12.8. The Hall–Kier alpha value is -2.83. The fraction of sp³-hybridized carbons (Fsp3) is 0.421. The van der Waals surface area contributed by atoms with Crippen molar-refractivity contribution in [2.24, 2.45) is 13.0 Å². The Bertz CT molecular complexity index is 874. The summed E-state index contributed by atoms with van der Waals surface area (Å²) in [5, 5.41) is 2.83. The number of hydrogen-bond acceptors (Lipinski definition) is 3. The zero-order valence-corrected chi connectivity index (χ0v) is 15.4. The maximum atomic E-state index is 12.8. The second-order valence-electron chi connectivity index (χ2n) is 6.71. The molecule has 2 heterocycles. The topological polar surface area (TPSA) is 76.3 Å². The summed E-state index contributed by atoms with van der Waals surface area (Å²) in [7, 11) is 1.80. The van der Waals surface area contributed by atoms with Crippen molar-refractivity contribution in [2.45, 2.75) is 26.7 Å². The highest BCUT2D eigenvalue weighted by atomic mass is 16.2. The third-order valence-electron chi connectivity index (χ3n) is 5.11. The summed E-state index contributed by atoms with van der Waals surface area (Å²) in [6.45, 7) is 4.51. The summed E-state index contributed by atoms with van der Waals surface area (Å²) >= 11 is 0. The third kappa shape index (κ3) is 3.29. The van der Waals surface area contributed by atoms with Crippen LogP contribution in [0.3, 0.4) is 0 Å². The van der Waals surface area contributed by atoms with Gasteiger partial charge in [-0.15, -0.1) is 0 Å². The fourth-order valence-corrected chi connectivity index (χ4v) is 3.39. The minimum absolute atomic E-state index is 0.0357. The highest BCUT2D eigenvalue weighted by molar-refractivity contribution is 5.93. The molecule has 138 valence electrons. The highest BCUT2D eigenvalue weighted by Crippen LogP contribution is 2.20. The molecule has 0 aliphatic carbocycles. The maximum Gasteiger partial charge on any atom is 0.295 e. The molecule has 1 aliphatic heterocycles. The SMILES string of the molecule is CC(=O)N1CCC(C(=O)Nc2c(C)n(C)n(-c3ccccc3)c2=O)CC1. The van der Waals surface area contributed by atoms with Crippen molar-refractivity contribution >= 4 is 17.5 Å². The Morgan fingerprint density at radius 2 is 1.73 bits per heavy atom. The van der Waals surface area contributed by atoms with Crippen molar-refractivity contribution < 1.29 is 9.59 Å². The van der Waals surface area contributed by atoms with Crippen molar-refractivity contribution in [3.05, 3.63) is 46.4 Å². The van der Waals surface area contributed by atoms with Crippen LogP contribution in [0.2, 0.25) is 0 Å². The minimum Gasteiger partial charge on any atom is -0.343 e. The normalized spacial score (nSPS) is 15.1. The van der Waals surface area contributed by atoms with Crippen LogP contribution in [0.4, 0.5) is 5.69 Å². The van der Waals surface area contributed by atoms with E-state index in [-0.39, 0.29) is 23.3 Å². The van der Waals surface area contributed by atoms with E-state index < -0.39 is 0 Å². The number of piperidine rings is 1. The first-order chi connectivity index (χ1) is 12.4. The van der Waals surface area contributed by atoms with Gasteiger partial charge in [-0.1, -0.05) is 18.2 Å². The van der Waals surface area contributed by atoms with Gasteiger partial charge in [0, 0.05) is 33.0 Å². The first-order valence-corrected chi connectivity index (χ1v) is 8.80. The molecule has 1 aliphatic rings. The van der Waals surface area contributed by atoms with Crippen LogP contribution in [0.15, 0.2) is 35.1 Å². The van der Waals surface area contributed by atoms with Crippen LogP contribution in [0.25, 0.3) is 5.69 Å². The molecule has 0 bridgehead atoms. The molecule has 3 rings (SSSR count). The van der Waals surface area contributed by atoms with Crippen LogP contribution in [0.5, 0.6) is 0 Å². The molecular formula is C19H24N4O3. The van der Waals surface area contributed by atoms with Gasteiger partial charge in [-0.25, -0.2) is 4.68 Å². The Labute approximate surface area is 152 Å². The lowest BCUT2D eigenvalue weighted by molar-refractivity contribution is -0.132. The lowest BCUT2D eigenvalue weighted by atomic mass is 9.96. The van der Waals surface area contributed by atoms with Crippen molar-refractivity contribution in [1.82, 2.24) is 14.3 Å². The van der Waals surface area contributed by atoms with Crippen LogP contribution in [-0.2, 0) is 16.6 Å². The smallest absolute Gasteiger partial charge is 0.295 e. The number of rotatable bonds is 3. The molecule has 0 radical (unpaired) electrons. The van der Waals surface area contributed by atoms with Crippen molar-refractivity contribution in [3.8, 4) is 5.69 Å². The summed E-state index contributed by atoms with van der Waals surface area (Å²) in [5.74, 6) is -0.303. The molecule has 1 N–H and O–H groups in total. The second-order valence-corrected chi connectivity index (χ2v) is 6.71. The lowest BCUT2D eigenvalue weighted by Crippen LogP contribution is -2.40. The number of benzene rings is 1. The van der Waals surface area contributed by atoms with E-state index in [4.69, 9.17) is 0 Å². The molecule has 0 spiro atoms. The zero-order valence-electron chi connectivity index (χ0n) is 15.4. The Kier molecular flexibility index (Phi) is 4.97. The van der Waals surface area contributed by atoms with Gasteiger partial charge in [-0.05, 0) is 31.9 Å². The number of carbonyl (C=O) groups is 2. The Morgan fingerprint density at radius 1 is 1.12 bits per heavy atom. The molecule has 0 atom stereocenters. The van der Waals surface area contributed by atoms with Crippen LogP contribution >= 0.6 is 0 Å². The second kappa shape index (κ2) is 7.19. The molecule has 7 heteroatoms. The van der Waals surface area contributed by atoms with Crippen LogP contribution < -0.4 is 10.9 Å². The highest BCUT2D eigenvalue weighted by Gasteiger charge is 2.28. The Morgan fingerprint density at radius 3 is 2.31 bits per heavy atom. The first kappa shape index (κ1) is 18.0. The number of hydrogen-bond donors (Lipinski definition) is 1. The molecule has 0 unspecified atom stereocenters. The number of para-hydroxylation sites is 1. The van der Waals surface area contributed by atoms with E-state index in [0.717, 1.165) is 5.69 Å². The van der Waals surface area contributed by atoms with E-state index in [1.54, 1.807) is 28.2 Å². The van der Waals surface area contributed by atoms with E-state index in [0.29, 0.717) is 37.3 Å². The molecule has 1 fully saturated rings. The van der Waals surface area contributed by atoms with Crippen LogP contribution in [0, 0.1) is 12.8 Å². The molecule has 1 aromatic carbocycles. The molecular weight excluding hydrogens is 332 g/mol. The van der Waals surface area contributed by atoms with Gasteiger partial charge in [0.2, 0.25) is 11.8 Å². The standard InChI is InChI=1S/C19H24N4O3/c1-13-17(19(26)23(21(13)3)16-7-5-4-6-8-16)20-18(25)15-9-11-22(12-10-15)14(2)24/h4-8,15H,9-12H2,1-3H3,(H,20,25). The largest absolute Gasteiger partial charge is 0.343 e. The van der Waals surface area contributed by atoms with Gasteiger partial charge in [-0.2, -0.15) is 0 Å². The van der Waals surface area contributed by atoms with E-state index in [1.165, 1.54) is 0 Å². The Balaban J connectivity index is 1.80. The average Bonchev–Trinajstić information content (AvgIpc) is 2.86. The van der Waals surface area contributed by atoms with Gasteiger partial charge in [0.1, 0.15) is 5.69 Å². The monoisotopic (exact) mass is 356 g/mol. The van der Waals surface area contributed by atoms with E-state index in [9.17, 15) is 14.4 Å².